The molecule has 1 aromatic carbocycles. The molecule has 17 heavy (non-hydrogen) atoms. The molecule has 2 nitrogen and oxygen atoms in total. The van der Waals surface area contributed by atoms with Crippen LogP contribution in [0.15, 0.2) is 30.3 Å². The fourth-order valence-corrected chi connectivity index (χ4v) is 2.03. The van der Waals surface area contributed by atoms with Crippen LogP contribution in [-0.2, 0) is 0 Å². The Balaban J connectivity index is 2.35. The smallest absolute Gasteiger partial charge is 0.0802 e. The molecule has 0 aromatic heterocycles. The molecule has 96 valence electrons. The van der Waals surface area contributed by atoms with Crippen LogP contribution in [0, 0.1) is 0 Å². The van der Waals surface area contributed by atoms with E-state index in [1.165, 1.54) is 12.8 Å². The quantitative estimate of drug-likeness (QED) is 0.784. The molecule has 1 aromatic rings. The van der Waals surface area contributed by atoms with Crippen LogP contribution in [0.3, 0.4) is 0 Å². The van der Waals surface area contributed by atoms with Gasteiger partial charge in [-0.3, -0.25) is 0 Å². The highest BCUT2D eigenvalue weighted by Gasteiger charge is 2.11. The largest absolute Gasteiger partial charge is 0.388 e. The van der Waals surface area contributed by atoms with Gasteiger partial charge in [0.05, 0.1) is 6.10 Å². The molecular formula is C15H25NO. The van der Waals surface area contributed by atoms with Gasteiger partial charge >= 0.3 is 0 Å². The van der Waals surface area contributed by atoms with Gasteiger partial charge in [-0.1, -0.05) is 43.7 Å². The molecule has 0 bridgehead atoms. The summed E-state index contributed by atoms with van der Waals surface area (Å²) in [5, 5.41) is 10.1. The van der Waals surface area contributed by atoms with Gasteiger partial charge in [0, 0.05) is 12.6 Å². The van der Waals surface area contributed by atoms with Gasteiger partial charge in [0.1, 0.15) is 0 Å². The lowest BCUT2D eigenvalue weighted by atomic mass is 10.1. The van der Waals surface area contributed by atoms with Crippen molar-refractivity contribution in [1.29, 1.82) is 0 Å². The van der Waals surface area contributed by atoms with E-state index in [4.69, 9.17) is 0 Å². The van der Waals surface area contributed by atoms with E-state index in [1.54, 1.807) is 0 Å². The maximum absolute atomic E-state index is 10.1. The molecule has 0 aliphatic carbocycles. The predicted molar refractivity (Wildman–Crippen MR) is 73.0 cm³/mol. The Hall–Kier alpha value is -0.860. The van der Waals surface area contributed by atoms with Crippen molar-refractivity contribution in [3.05, 3.63) is 35.9 Å². The normalized spacial score (nSPS) is 14.9. The summed E-state index contributed by atoms with van der Waals surface area (Å²) in [6.45, 7) is 5.40. The Morgan fingerprint density at radius 2 is 1.82 bits per heavy atom. The summed E-state index contributed by atoms with van der Waals surface area (Å²) < 4.78 is 0. The molecule has 2 heteroatoms. The lowest BCUT2D eigenvalue weighted by Crippen LogP contribution is -2.30. The standard InChI is InChI=1S/C15H25NO/c1-4-8-13(2)16(3)12-11-15(17)14-9-6-5-7-10-14/h5-7,9-10,13,15,17H,4,8,11-12H2,1-3H3. The number of hydrogen-bond acceptors (Lipinski definition) is 2. The van der Waals surface area contributed by atoms with E-state index in [0.29, 0.717) is 6.04 Å². The van der Waals surface area contributed by atoms with Crippen LogP contribution in [0.1, 0.15) is 44.8 Å². The van der Waals surface area contributed by atoms with Crippen LogP contribution < -0.4 is 0 Å². The van der Waals surface area contributed by atoms with E-state index in [2.05, 4.69) is 25.8 Å². The van der Waals surface area contributed by atoms with Crippen molar-refractivity contribution in [1.82, 2.24) is 4.90 Å². The van der Waals surface area contributed by atoms with E-state index < -0.39 is 0 Å². The first-order valence-electron chi connectivity index (χ1n) is 6.58. The van der Waals surface area contributed by atoms with Gasteiger partial charge in [-0.15, -0.1) is 0 Å². The van der Waals surface area contributed by atoms with Crippen molar-refractivity contribution in [2.45, 2.75) is 45.3 Å². The Kier molecular flexibility index (Phi) is 6.23. The summed E-state index contributed by atoms with van der Waals surface area (Å²) in [7, 11) is 2.14. The highest BCUT2D eigenvalue weighted by Crippen LogP contribution is 2.17. The van der Waals surface area contributed by atoms with E-state index in [9.17, 15) is 5.11 Å². The van der Waals surface area contributed by atoms with Gasteiger partial charge in [-0.05, 0) is 32.4 Å². The number of hydrogen-bond donors (Lipinski definition) is 1. The molecular weight excluding hydrogens is 210 g/mol. The monoisotopic (exact) mass is 235 g/mol. The summed E-state index contributed by atoms with van der Waals surface area (Å²) in [6.07, 6.45) is 2.90. The molecule has 0 aliphatic rings. The zero-order chi connectivity index (χ0) is 12.7. The first kappa shape index (κ1) is 14.2. The predicted octanol–water partition coefficient (Wildman–Crippen LogP) is 3.23. The van der Waals surface area contributed by atoms with Crippen LogP contribution in [0.2, 0.25) is 0 Å². The molecule has 0 saturated heterocycles. The van der Waals surface area contributed by atoms with Crippen molar-refractivity contribution in [2.24, 2.45) is 0 Å². The molecule has 0 fully saturated rings. The maximum atomic E-state index is 10.1. The average Bonchev–Trinajstić information content (AvgIpc) is 2.36. The summed E-state index contributed by atoms with van der Waals surface area (Å²) in [6, 6.07) is 10.5. The summed E-state index contributed by atoms with van der Waals surface area (Å²) in [5.41, 5.74) is 1.02. The molecule has 0 heterocycles. The van der Waals surface area contributed by atoms with E-state index in [0.717, 1.165) is 18.5 Å². The minimum atomic E-state index is -0.340. The van der Waals surface area contributed by atoms with Gasteiger partial charge in [0.15, 0.2) is 0 Å². The van der Waals surface area contributed by atoms with Gasteiger partial charge in [-0.2, -0.15) is 0 Å². The van der Waals surface area contributed by atoms with Crippen molar-refractivity contribution < 1.29 is 5.11 Å². The summed E-state index contributed by atoms with van der Waals surface area (Å²) in [5.74, 6) is 0. The van der Waals surface area contributed by atoms with Crippen molar-refractivity contribution in [3.8, 4) is 0 Å². The van der Waals surface area contributed by atoms with Gasteiger partial charge < -0.3 is 10.0 Å². The molecule has 2 atom stereocenters. The van der Waals surface area contributed by atoms with Crippen LogP contribution >= 0.6 is 0 Å². The molecule has 0 aliphatic heterocycles. The molecule has 0 spiro atoms. The Labute approximate surface area is 105 Å². The zero-order valence-electron chi connectivity index (χ0n) is 11.3. The van der Waals surface area contributed by atoms with Gasteiger partial charge in [0.25, 0.3) is 0 Å². The summed E-state index contributed by atoms with van der Waals surface area (Å²) >= 11 is 0. The third-order valence-corrected chi connectivity index (χ3v) is 3.40. The lowest BCUT2D eigenvalue weighted by Gasteiger charge is -2.25. The van der Waals surface area contributed by atoms with Crippen LogP contribution in [-0.4, -0.2) is 29.6 Å². The number of aliphatic hydroxyl groups is 1. The third-order valence-electron chi connectivity index (χ3n) is 3.40. The van der Waals surface area contributed by atoms with E-state index >= 15 is 0 Å². The number of nitrogens with zero attached hydrogens (tertiary/aromatic N) is 1. The first-order valence-corrected chi connectivity index (χ1v) is 6.58. The second-order valence-electron chi connectivity index (χ2n) is 4.83. The molecule has 0 saturated carbocycles. The highest BCUT2D eigenvalue weighted by atomic mass is 16.3. The minimum absolute atomic E-state index is 0.340. The Morgan fingerprint density at radius 1 is 1.18 bits per heavy atom. The molecule has 2 unspecified atom stereocenters. The van der Waals surface area contributed by atoms with E-state index in [1.807, 2.05) is 30.3 Å². The van der Waals surface area contributed by atoms with Crippen molar-refractivity contribution in [3.63, 3.8) is 0 Å². The molecule has 1 rings (SSSR count). The zero-order valence-corrected chi connectivity index (χ0v) is 11.3. The Bertz CT molecular complexity index is 299. The SMILES string of the molecule is CCCC(C)N(C)CCC(O)c1ccccc1. The van der Waals surface area contributed by atoms with Gasteiger partial charge in [-0.25, -0.2) is 0 Å². The second-order valence-corrected chi connectivity index (χ2v) is 4.83. The minimum Gasteiger partial charge on any atom is -0.388 e. The third kappa shape index (κ3) is 4.88. The van der Waals surface area contributed by atoms with Gasteiger partial charge in [0.2, 0.25) is 0 Å². The number of rotatable bonds is 7. The fraction of sp³-hybridized carbons (Fsp3) is 0.600. The maximum Gasteiger partial charge on any atom is 0.0802 e. The van der Waals surface area contributed by atoms with Crippen LogP contribution in [0.4, 0.5) is 0 Å². The van der Waals surface area contributed by atoms with Crippen molar-refractivity contribution in [2.75, 3.05) is 13.6 Å². The summed E-state index contributed by atoms with van der Waals surface area (Å²) in [4.78, 5) is 2.33. The average molecular weight is 235 g/mol. The van der Waals surface area contributed by atoms with E-state index in [-0.39, 0.29) is 6.10 Å². The molecule has 0 radical (unpaired) electrons. The topological polar surface area (TPSA) is 23.5 Å². The van der Waals surface area contributed by atoms with Crippen LogP contribution in [0.5, 0.6) is 0 Å². The second kappa shape index (κ2) is 7.46. The first-order chi connectivity index (χ1) is 8.15. The Morgan fingerprint density at radius 3 is 2.41 bits per heavy atom. The van der Waals surface area contributed by atoms with Crippen molar-refractivity contribution >= 4 is 0 Å². The van der Waals surface area contributed by atoms with Crippen LogP contribution in [0.25, 0.3) is 0 Å². The molecule has 1 N–H and O–H groups in total. The fourth-order valence-electron chi connectivity index (χ4n) is 2.03. The number of aliphatic hydroxyl groups excluding tert-OH is 1. The number of benzene rings is 1. The molecule has 0 amide bonds. The lowest BCUT2D eigenvalue weighted by molar-refractivity contribution is 0.137. The highest BCUT2D eigenvalue weighted by molar-refractivity contribution is 5.17.